The number of hydrogen-bond donors (Lipinski definition) is 1. The number of amides is 1. The molecule has 0 radical (unpaired) electrons. The fourth-order valence-corrected chi connectivity index (χ4v) is 3.97. The van der Waals surface area contributed by atoms with E-state index in [1.807, 2.05) is 26.0 Å². The van der Waals surface area contributed by atoms with Crippen molar-refractivity contribution in [3.05, 3.63) is 45.3 Å². The zero-order valence-electron chi connectivity index (χ0n) is 16.8. The molecule has 0 atom stereocenters. The lowest BCUT2D eigenvalue weighted by molar-refractivity contribution is -0.114. The summed E-state index contributed by atoms with van der Waals surface area (Å²) < 4.78 is 11.0. The van der Waals surface area contributed by atoms with Gasteiger partial charge in [-0.15, -0.1) is 11.3 Å². The molecule has 2 rings (SSSR count). The van der Waals surface area contributed by atoms with Crippen molar-refractivity contribution in [2.75, 3.05) is 18.5 Å². The van der Waals surface area contributed by atoms with E-state index in [9.17, 15) is 9.59 Å². The van der Waals surface area contributed by atoms with Crippen LogP contribution in [0.5, 0.6) is 5.75 Å². The highest BCUT2D eigenvalue weighted by Gasteiger charge is 2.21. The number of hydrogen-bond acceptors (Lipinski definition) is 5. The number of benzene rings is 1. The van der Waals surface area contributed by atoms with Gasteiger partial charge in [0.05, 0.1) is 5.56 Å². The number of rotatable bonds is 7. The lowest BCUT2D eigenvalue weighted by atomic mass is 9.98. The van der Waals surface area contributed by atoms with Crippen LogP contribution in [0.3, 0.4) is 0 Å². The van der Waals surface area contributed by atoms with Crippen molar-refractivity contribution in [2.24, 2.45) is 0 Å². The third-order valence-electron chi connectivity index (χ3n) is 4.33. The van der Waals surface area contributed by atoms with Gasteiger partial charge in [0.2, 0.25) is 5.91 Å². The molecule has 0 aliphatic carbocycles. The van der Waals surface area contributed by atoms with Crippen LogP contribution in [0.1, 0.15) is 58.6 Å². The minimum atomic E-state index is -0.449. The lowest BCUT2D eigenvalue weighted by Crippen LogP contribution is -2.15. The summed E-state index contributed by atoms with van der Waals surface area (Å²) in [5.41, 5.74) is 3.73. The van der Waals surface area contributed by atoms with E-state index in [-0.39, 0.29) is 19.1 Å². The largest absolute Gasteiger partial charge is 0.490 e. The quantitative estimate of drug-likeness (QED) is 0.535. The lowest BCUT2D eigenvalue weighted by Gasteiger charge is -2.13. The standard InChI is InChI=1S/C21H27NO4S/c1-12(2)18-8-7-17(11-13(18)3)25-9-10-26-21(24)19-14(4)15(5)27-20(19)22-16(6)23/h7-8,11-12H,9-10H2,1-6H3,(H,22,23). The molecule has 0 aliphatic rings. The first-order valence-electron chi connectivity index (χ1n) is 8.98. The van der Waals surface area contributed by atoms with E-state index in [0.29, 0.717) is 16.5 Å². The van der Waals surface area contributed by atoms with Gasteiger partial charge in [0.15, 0.2) is 0 Å². The summed E-state index contributed by atoms with van der Waals surface area (Å²) in [6.45, 7) is 12.0. The van der Waals surface area contributed by atoms with E-state index in [1.54, 1.807) is 0 Å². The van der Waals surface area contributed by atoms with Crippen molar-refractivity contribution >= 4 is 28.2 Å². The van der Waals surface area contributed by atoms with E-state index in [4.69, 9.17) is 9.47 Å². The zero-order valence-corrected chi connectivity index (χ0v) is 17.6. The number of carbonyl (C=O) groups is 2. The van der Waals surface area contributed by atoms with Gasteiger partial charge >= 0.3 is 5.97 Å². The number of aryl methyl sites for hydroxylation is 2. The topological polar surface area (TPSA) is 64.6 Å². The monoisotopic (exact) mass is 389 g/mol. The molecule has 1 aromatic heterocycles. The molecule has 27 heavy (non-hydrogen) atoms. The highest BCUT2D eigenvalue weighted by molar-refractivity contribution is 7.16. The second-order valence-electron chi connectivity index (χ2n) is 6.83. The predicted octanol–water partition coefficient (Wildman–Crippen LogP) is 4.99. The molecular formula is C21H27NO4S. The van der Waals surface area contributed by atoms with Crippen molar-refractivity contribution in [1.29, 1.82) is 0 Å². The molecule has 0 unspecified atom stereocenters. The molecule has 0 fully saturated rings. The van der Waals surface area contributed by atoms with Gasteiger partial charge in [-0.2, -0.15) is 0 Å². The molecule has 5 nitrogen and oxygen atoms in total. The van der Waals surface area contributed by atoms with Gasteiger partial charge in [0, 0.05) is 11.8 Å². The molecule has 2 aromatic rings. The van der Waals surface area contributed by atoms with Crippen LogP contribution in [0, 0.1) is 20.8 Å². The first-order chi connectivity index (χ1) is 12.7. The van der Waals surface area contributed by atoms with E-state index in [2.05, 4.69) is 32.2 Å². The normalized spacial score (nSPS) is 10.8. The fraction of sp³-hybridized carbons (Fsp3) is 0.429. The second kappa shape index (κ2) is 9.04. The van der Waals surface area contributed by atoms with Crippen LogP contribution in [0.25, 0.3) is 0 Å². The predicted molar refractivity (Wildman–Crippen MR) is 109 cm³/mol. The van der Waals surface area contributed by atoms with Crippen LogP contribution in [0.2, 0.25) is 0 Å². The highest BCUT2D eigenvalue weighted by Crippen LogP contribution is 2.33. The summed E-state index contributed by atoms with van der Waals surface area (Å²) in [5, 5.41) is 3.23. The van der Waals surface area contributed by atoms with Crippen LogP contribution in [-0.4, -0.2) is 25.1 Å². The Morgan fingerprint density at radius 1 is 1.15 bits per heavy atom. The maximum absolute atomic E-state index is 12.4. The van der Waals surface area contributed by atoms with Gasteiger partial charge in [0.25, 0.3) is 0 Å². The third kappa shape index (κ3) is 5.32. The number of esters is 1. The fourth-order valence-electron chi connectivity index (χ4n) is 2.87. The summed E-state index contributed by atoms with van der Waals surface area (Å²) in [7, 11) is 0. The van der Waals surface area contributed by atoms with E-state index in [1.165, 1.54) is 29.4 Å². The third-order valence-corrected chi connectivity index (χ3v) is 5.45. The Kier molecular flexibility index (Phi) is 7.02. The molecule has 6 heteroatoms. The highest BCUT2D eigenvalue weighted by atomic mass is 32.1. The zero-order chi connectivity index (χ0) is 20.1. The number of anilines is 1. The van der Waals surface area contributed by atoms with Crippen LogP contribution in [-0.2, 0) is 9.53 Å². The molecule has 1 aromatic carbocycles. The van der Waals surface area contributed by atoms with E-state index >= 15 is 0 Å². The summed E-state index contributed by atoms with van der Waals surface area (Å²) in [4.78, 5) is 24.8. The Hall–Kier alpha value is -2.34. The average Bonchev–Trinajstić information content (AvgIpc) is 2.84. The summed E-state index contributed by atoms with van der Waals surface area (Å²) >= 11 is 1.37. The van der Waals surface area contributed by atoms with Crippen LogP contribution < -0.4 is 10.1 Å². The Balaban J connectivity index is 1.93. The SMILES string of the molecule is CC(=O)Nc1sc(C)c(C)c1C(=O)OCCOc1ccc(C(C)C)c(C)c1. The molecule has 0 bridgehead atoms. The molecule has 146 valence electrons. The minimum Gasteiger partial charge on any atom is -0.490 e. The summed E-state index contributed by atoms with van der Waals surface area (Å²) in [6, 6.07) is 6.00. The molecule has 1 N–H and O–H groups in total. The van der Waals surface area contributed by atoms with Gasteiger partial charge in [-0.1, -0.05) is 19.9 Å². The Morgan fingerprint density at radius 2 is 1.85 bits per heavy atom. The van der Waals surface area contributed by atoms with Gasteiger partial charge in [-0.25, -0.2) is 4.79 Å². The molecule has 0 spiro atoms. The maximum Gasteiger partial charge on any atom is 0.341 e. The smallest absolute Gasteiger partial charge is 0.341 e. The van der Waals surface area contributed by atoms with Crippen molar-refractivity contribution in [3.8, 4) is 5.75 Å². The Bertz CT molecular complexity index is 839. The van der Waals surface area contributed by atoms with Gasteiger partial charge in [0.1, 0.15) is 24.0 Å². The van der Waals surface area contributed by atoms with Crippen LogP contribution >= 0.6 is 11.3 Å². The van der Waals surface area contributed by atoms with Crippen LogP contribution in [0.15, 0.2) is 18.2 Å². The Morgan fingerprint density at radius 3 is 2.44 bits per heavy atom. The van der Waals surface area contributed by atoms with Gasteiger partial charge in [-0.05, 0) is 55.5 Å². The van der Waals surface area contributed by atoms with Crippen molar-refractivity contribution in [2.45, 2.75) is 47.5 Å². The molecule has 0 saturated heterocycles. The average molecular weight is 390 g/mol. The number of carbonyl (C=O) groups excluding carboxylic acids is 2. The molecule has 0 saturated carbocycles. The number of ether oxygens (including phenoxy) is 2. The number of nitrogens with one attached hydrogen (secondary N) is 1. The van der Waals surface area contributed by atoms with Crippen molar-refractivity contribution < 1.29 is 19.1 Å². The number of thiophene rings is 1. The van der Waals surface area contributed by atoms with Crippen molar-refractivity contribution in [3.63, 3.8) is 0 Å². The van der Waals surface area contributed by atoms with Gasteiger partial charge < -0.3 is 14.8 Å². The van der Waals surface area contributed by atoms with E-state index in [0.717, 1.165) is 16.2 Å². The summed E-state index contributed by atoms with van der Waals surface area (Å²) in [6.07, 6.45) is 0. The minimum absolute atomic E-state index is 0.137. The molecular weight excluding hydrogens is 362 g/mol. The van der Waals surface area contributed by atoms with Crippen molar-refractivity contribution in [1.82, 2.24) is 0 Å². The van der Waals surface area contributed by atoms with Gasteiger partial charge in [-0.3, -0.25) is 4.79 Å². The molecule has 1 amide bonds. The van der Waals surface area contributed by atoms with Crippen LogP contribution in [0.4, 0.5) is 5.00 Å². The van der Waals surface area contributed by atoms with E-state index < -0.39 is 5.97 Å². The Labute approximate surface area is 164 Å². The first-order valence-corrected chi connectivity index (χ1v) is 9.80. The molecule has 0 aliphatic heterocycles. The maximum atomic E-state index is 12.4. The first kappa shape index (κ1) is 21.0. The summed E-state index contributed by atoms with van der Waals surface area (Å²) in [5.74, 6) is 0.564. The second-order valence-corrected chi connectivity index (χ2v) is 8.05. The molecule has 1 heterocycles.